The zero-order valence-electron chi connectivity index (χ0n) is 8.80. The van der Waals surface area contributed by atoms with E-state index in [2.05, 4.69) is 32.7 Å². The van der Waals surface area contributed by atoms with Crippen molar-refractivity contribution in [3.8, 4) is 0 Å². The maximum absolute atomic E-state index is 5.75. The van der Waals surface area contributed by atoms with E-state index in [4.69, 9.17) is 5.73 Å². The molecule has 0 rings (SSSR count). The van der Waals surface area contributed by atoms with Crippen molar-refractivity contribution < 1.29 is 0 Å². The highest BCUT2D eigenvalue weighted by Crippen LogP contribution is 2.10. The van der Waals surface area contributed by atoms with E-state index in [9.17, 15) is 0 Å². The van der Waals surface area contributed by atoms with E-state index in [0.717, 1.165) is 25.1 Å². The minimum atomic E-state index is 0.413. The highest BCUT2D eigenvalue weighted by atomic mass is 14.9. The molecule has 2 heteroatoms. The summed E-state index contributed by atoms with van der Waals surface area (Å²) in [4.78, 5) is 4.48. The van der Waals surface area contributed by atoms with Crippen LogP contribution in [0.3, 0.4) is 0 Å². The van der Waals surface area contributed by atoms with Crippen molar-refractivity contribution in [1.29, 1.82) is 0 Å². The Hall–Kier alpha value is -0.530. The van der Waals surface area contributed by atoms with Gasteiger partial charge in [0.15, 0.2) is 0 Å². The molecule has 0 radical (unpaired) electrons. The van der Waals surface area contributed by atoms with Crippen LogP contribution >= 0.6 is 0 Å². The Morgan fingerprint density at radius 2 is 1.92 bits per heavy atom. The summed E-state index contributed by atoms with van der Waals surface area (Å²) in [7, 11) is 0. The summed E-state index contributed by atoms with van der Waals surface area (Å²) >= 11 is 0. The molecule has 0 aliphatic carbocycles. The predicted molar refractivity (Wildman–Crippen MR) is 55.4 cm³/mol. The molecular formula is C10H22N2. The van der Waals surface area contributed by atoms with E-state index < -0.39 is 0 Å². The molecule has 0 aliphatic heterocycles. The first-order chi connectivity index (χ1) is 5.61. The topological polar surface area (TPSA) is 38.4 Å². The first kappa shape index (κ1) is 11.5. The van der Waals surface area contributed by atoms with Gasteiger partial charge in [0.05, 0.1) is 11.9 Å². The van der Waals surface area contributed by atoms with Crippen molar-refractivity contribution in [2.24, 2.45) is 16.6 Å². The van der Waals surface area contributed by atoms with Gasteiger partial charge in [0.25, 0.3) is 0 Å². The minimum absolute atomic E-state index is 0.413. The summed E-state index contributed by atoms with van der Waals surface area (Å²) < 4.78 is 0. The average molecular weight is 170 g/mol. The molecule has 0 saturated heterocycles. The highest BCUT2D eigenvalue weighted by Gasteiger charge is 2.08. The molecule has 1 unspecified atom stereocenters. The van der Waals surface area contributed by atoms with Gasteiger partial charge in [-0.1, -0.05) is 27.7 Å². The van der Waals surface area contributed by atoms with Crippen LogP contribution < -0.4 is 5.73 Å². The van der Waals surface area contributed by atoms with Crippen molar-refractivity contribution >= 4 is 5.84 Å². The largest absolute Gasteiger partial charge is 0.387 e. The average Bonchev–Trinajstić information content (AvgIpc) is 2.00. The number of hydrogen-bond acceptors (Lipinski definition) is 1. The lowest BCUT2D eigenvalue weighted by molar-refractivity contribution is 0.482. The van der Waals surface area contributed by atoms with Crippen molar-refractivity contribution in [3.63, 3.8) is 0 Å². The number of rotatable bonds is 5. The van der Waals surface area contributed by atoms with Crippen molar-refractivity contribution in [2.75, 3.05) is 0 Å². The first-order valence-electron chi connectivity index (χ1n) is 4.93. The molecule has 0 aliphatic rings. The summed E-state index contributed by atoms with van der Waals surface area (Å²) in [5.41, 5.74) is 5.75. The zero-order chi connectivity index (χ0) is 9.56. The van der Waals surface area contributed by atoms with Crippen molar-refractivity contribution in [3.05, 3.63) is 0 Å². The van der Waals surface area contributed by atoms with Gasteiger partial charge in [0, 0.05) is 6.42 Å². The molecule has 0 aromatic carbocycles. The lowest BCUT2D eigenvalue weighted by Gasteiger charge is -2.14. The van der Waals surface area contributed by atoms with Crippen LogP contribution in [0.15, 0.2) is 4.99 Å². The number of nitrogens with zero attached hydrogens (tertiary/aromatic N) is 1. The Morgan fingerprint density at radius 3 is 2.25 bits per heavy atom. The molecule has 2 N–H and O–H groups in total. The summed E-state index contributed by atoms with van der Waals surface area (Å²) in [6, 6.07) is 0.413. The maximum Gasteiger partial charge on any atom is 0.0940 e. The molecule has 0 amide bonds. The van der Waals surface area contributed by atoms with Gasteiger partial charge in [0.2, 0.25) is 0 Å². The van der Waals surface area contributed by atoms with Gasteiger partial charge in [-0.15, -0.1) is 0 Å². The van der Waals surface area contributed by atoms with Gasteiger partial charge in [-0.2, -0.15) is 0 Å². The molecule has 1 atom stereocenters. The van der Waals surface area contributed by atoms with E-state index >= 15 is 0 Å². The third-order valence-electron chi connectivity index (χ3n) is 2.03. The van der Waals surface area contributed by atoms with Gasteiger partial charge < -0.3 is 5.73 Å². The monoisotopic (exact) mass is 170 g/mol. The Kier molecular flexibility index (Phi) is 5.77. The van der Waals surface area contributed by atoms with E-state index in [1.165, 1.54) is 0 Å². The highest BCUT2D eigenvalue weighted by molar-refractivity contribution is 5.80. The number of aliphatic imine (C=N–C) groups is 1. The van der Waals surface area contributed by atoms with Crippen LogP contribution in [0.2, 0.25) is 0 Å². The minimum Gasteiger partial charge on any atom is -0.387 e. The van der Waals surface area contributed by atoms with Crippen LogP contribution in [-0.4, -0.2) is 11.9 Å². The van der Waals surface area contributed by atoms with Gasteiger partial charge in [0.1, 0.15) is 0 Å². The molecule has 0 bridgehead atoms. The fourth-order valence-electron chi connectivity index (χ4n) is 1.25. The normalized spacial score (nSPS) is 15.2. The van der Waals surface area contributed by atoms with Crippen LogP contribution in [0.5, 0.6) is 0 Å². The predicted octanol–water partition coefficient (Wildman–Crippen LogP) is 2.58. The van der Waals surface area contributed by atoms with Crippen LogP contribution in [0.25, 0.3) is 0 Å². The Bertz CT molecular complexity index is 139. The Labute approximate surface area is 76.3 Å². The smallest absolute Gasteiger partial charge is 0.0940 e. The molecule has 0 heterocycles. The Balaban J connectivity index is 4.05. The van der Waals surface area contributed by atoms with Crippen LogP contribution in [0.1, 0.15) is 47.0 Å². The summed E-state index contributed by atoms with van der Waals surface area (Å²) in [5, 5.41) is 0. The fraction of sp³-hybridized carbons (Fsp3) is 0.900. The van der Waals surface area contributed by atoms with Crippen LogP contribution in [-0.2, 0) is 0 Å². The maximum atomic E-state index is 5.75. The third-order valence-corrected chi connectivity index (χ3v) is 2.03. The van der Waals surface area contributed by atoms with E-state index in [1.807, 2.05) is 0 Å². The second-order valence-electron chi connectivity index (χ2n) is 3.59. The quantitative estimate of drug-likeness (QED) is 0.500. The number of hydrogen-bond donors (Lipinski definition) is 1. The van der Waals surface area contributed by atoms with E-state index in [-0.39, 0.29) is 0 Å². The molecule has 0 fully saturated rings. The van der Waals surface area contributed by atoms with Crippen molar-refractivity contribution in [1.82, 2.24) is 0 Å². The number of amidine groups is 1. The molecule has 0 aromatic rings. The van der Waals surface area contributed by atoms with Crippen LogP contribution in [0.4, 0.5) is 0 Å². The first-order valence-corrected chi connectivity index (χ1v) is 4.93. The van der Waals surface area contributed by atoms with Gasteiger partial charge in [-0.05, 0) is 18.8 Å². The molecule has 0 saturated carbocycles. The van der Waals surface area contributed by atoms with E-state index in [1.54, 1.807) is 0 Å². The van der Waals surface area contributed by atoms with Gasteiger partial charge >= 0.3 is 0 Å². The molecule has 12 heavy (non-hydrogen) atoms. The molecule has 0 spiro atoms. The second kappa shape index (κ2) is 6.04. The summed E-state index contributed by atoms with van der Waals surface area (Å²) in [6.07, 6.45) is 3.11. The zero-order valence-corrected chi connectivity index (χ0v) is 8.80. The van der Waals surface area contributed by atoms with Gasteiger partial charge in [-0.25, -0.2) is 0 Å². The van der Waals surface area contributed by atoms with Crippen LogP contribution in [0, 0.1) is 5.92 Å². The molecule has 0 aromatic heterocycles. The van der Waals surface area contributed by atoms with Crippen molar-refractivity contribution in [2.45, 2.75) is 53.0 Å². The Morgan fingerprint density at radius 1 is 1.33 bits per heavy atom. The number of nitrogens with two attached hydrogens (primary N) is 1. The second-order valence-corrected chi connectivity index (χ2v) is 3.59. The standard InChI is InChI=1S/C10H22N2/c1-5-7-10(11)12-9(6-2)8(3)4/h8-9H,5-7H2,1-4H3,(H2,11,12). The lowest BCUT2D eigenvalue weighted by Crippen LogP contribution is -2.19. The lowest BCUT2D eigenvalue weighted by atomic mass is 10.0. The third kappa shape index (κ3) is 4.37. The summed E-state index contributed by atoms with van der Waals surface area (Å²) in [6.45, 7) is 8.67. The van der Waals surface area contributed by atoms with Gasteiger partial charge in [-0.3, -0.25) is 4.99 Å². The molecular weight excluding hydrogens is 148 g/mol. The van der Waals surface area contributed by atoms with E-state index in [0.29, 0.717) is 12.0 Å². The SMILES string of the molecule is CCCC(N)=NC(CC)C(C)C. The molecule has 2 nitrogen and oxygen atoms in total. The fourth-order valence-corrected chi connectivity index (χ4v) is 1.25. The summed E-state index contributed by atoms with van der Waals surface area (Å²) in [5.74, 6) is 1.42. The molecule has 72 valence electrons.